The summed E-state index contributed by atoms with van der Waals surface area (Å²) in [7, 11) is 2.54. The number of hydrogen-bond donors (Lipinski definition) is 2. The number of hydrogen-bond acceptors (Lipinski definition) is 3. The molecule has 0 spiro atoms. The van der Waals surface area contributed by atoms with Crippen molar-refractivity contribution < 1.29 is 23.7 Å². The van der Waals surface area contributed by atoms with Gasteiger partial charge in [0.1, 0.15) is 5.56 Å². The van der Waals surface area contributed by atoms with Gasteiger partial charge in [0.15, 0.2) is 5.75 Å². The molecule has 0 aliphatic carbocycles. The van der Waals surface area contributed by atoms with E-state index in [1.807, 2.05) is 5.32 Å². The number of pyridine rings is 1. The van der Waals surface area contributed by atoms with Crippen LogP contribution in [0.1, 0.15) is 17.4 Å². The summed E-state index contributed by atoms with van der Waals surface area (Å²) in [6.07, 6.45) is -1.09. The Bertz CT molecular complexity index is 482. The van der Waals surface area contributed by atoms with E-state index < -0.39 is 28.1 Å². The van der Waals surface area contributed by atoms with E-state index in [1.165, 1.54) is 18.5 Å². The van der Waals surface area contributed by atoms with E-state index in [-0.39, 0.29) is 5.69 Å². The van der Waals surface area contributed by atoms with Crippen molar-refractivity contribution in [3.63, 3.8) is 0 Å². The summed E-state index contributed by atoms with van der Waals surface area (Å²) in [6.45, 7) is 1.44. The van der Waals surface area contributed by atoms with Crippen LogP contribution in [-0.4, -0.2) is 21.9 Å². The minimum absolute atomic E-state index is 0.211. The second kappa shape index (κ2) is 4.38. The Morgan fingerprint density at radius 3 is 2.41 bits per heavy atom. The standard InChI is InChI=1S/C9H12F3N3O2/c1-5-7(16)8(17)6(4-14(5)3)9(13-2)15(10,11)12/h4,9,13H,1-3H3/p+1. The first kappa shape index (κ1) is 13.5. The summed E-state index contributed by atoms with van der Waals surface area (Å²) in [5, 5.41) is 7.50. The lowest BCUT2D eigenvalue weighted by molar-refractivity contribution is -1.29. The van der Waals surface area contributed by atoms with Crippen molar-refractivity contribution in [2.45, 2.75) is 13.1 Å². The lowest BCUT2D eigenvalue weighted by Crippen LogP contribution is -2.39. The van der Waals surface area contributed by atoms with Crippen molar-refractivity contribution in [3.8, 4) is 5.75 Å². The molecule has 0 amide bonds. The number of rotatable bonds is 3. The van der Waals surface area contributed by atoms with Crippen molar-refractivity contribution in [1.29, 1.82) is 0 Å². The highest BCUT2D eigenvalue weighted by Gasteiger charge is 2.46. The zero-order chi connectivity index (χ0) is 13.4. The first-order valence-electron chi connectivity index (χ1n) is 4.74. The molecule has 96 valence electrons. The summed E-state index contributed by atoms with van der Waals surface area (Å²) < 4.78 is 39.1. The van der Waals surface area contributed by atoms with Crippen molar-refractivity contribution >= 4 is 0 Å². The molecule has 0 aliphatic rings. The van der Waals surface area contributed by atoms with Gasteiger partial charge in [0.2, 0.25) is 5.43 Å². The molecule has 2 N–H and O–H groups in total. The Balaban J connectivity index is 3.47. The van der Waals surface area contributed by atoms with Crippen LogP contribution in [0.25, 0.3) is 0 Å². The normalized spacial score (nSPS) is 13.8. The van der Waals surface area contributed by atoms with Crippen LogP contribution in [0.4, 0.5) is 13.4 Å². The molecule has 1 rings (SSSR count). The molecule has 17 heavy (non-hydrogen) atoms. The minimum Gasteiger partial charge on any atom is -0.503 e. The number of nitrogens with zero attached hydrogens (tertiary/aromatic N) is 2. The summed E-state index contributed by atoms with van der Waals surface area (Å²) in [5.74, 6) is -0.668. The fourth-order valence-corrected chi connectivity index (χ4v) is 1.49. The third-order valence-electron chi connectivity index (χ3n) is 2.54. The number of aryl methyl sites for hydroxylation is 1. The third kappa shape index (κ3) is 2.42. The van der Waals surface area contributed by atoms with Gasteiger partial charge in [-0.2, -0.15) is 0 Å². The maximum atomic E-state index is 12.6. The average molecular weight is 252 g/mol. The zero-order valence-electron chi connectivity index (χ0n) is 9.54. The van der Waals surface area contributed by atoms with Gasteiger partial charge >= 0.3 is 0 Å². The Morgan fingerprint density at radius 2 is 2.00 bits per heavy atom. The third-order valence-corrected chi connectivity index (χ3v) is 2.54. The predicted octanol–water partition coefficient (Wildman–Crippen LogP) is 1.09. The Kier molecular flexibility index (Phi) is 3.48. The first-order chi connectivity index (χ1) is 7.70. The SMILES string of the molecule is CNC(c1cn(C)c(C)c(O)c1=O)[N+](F)(F)F. The molecule has 0 aromatic carbocycles. The van der Waals surface area contributed by atoms with Gasteiger partial charge in [-0.3, -0.25) is 10.1 Å². The smallest absolute Gasteiger partial charge is 0.291 e. The number of nitrogens with one attached hydrogen (secondary N) is 1. The Labute approximate surface area is 95.1 Å². The molecule has 1 aromatic rings. The van der Waals surface area contributed by atoms with Gasteiger partial charge in [-0.05, 0) is 14.0 Å². The van der Waals surface area contributed by atoms with Gasteiger partial charge in [-0.25, -0.2) is 0 Å². The van der Waals surface area contributed by atoms with E-state index in [1.54, 1.807) is 0 Å². The lowest BCUT2D eigenvalue weighted by atomic mass is 10.2. The van der Waals surface area contributed by atoms with Gasteiger partial charge in [0, 0.05) is 13.2 Å². The maximum absolute atomic E-state index is 12.6. The van der Waals surface area contributed by atoms with Crippen LogP contribution in [0.5, 0.6) is 5.75 Å². The molecule has 0 aliphatic heterocycles. The van der Waals surface area contributed by atoms with Crippen LogP contribution in [0.2, 0.25) is 0 Å². The Morgan fingerprint density at radius 1 is 1.47 bits per heavy atom. The van der Waals surface area contributed by atoms with Gasteiger partial charge in [-0.1, -0.05) is 0 Å². The van der Waals surface area contributed by atoms with Gasteiger partial charge < -0.3 is 9.67 Å². The molecule has 0 radical (unpaired) electrons. The van der Waals surface area contributed by atoms with E-state index in [9.17, 15) is 23.3 Å². The molecule has 0 fully saturated rings. The Hall–Kier alpha value is -1.54. The van der Waals surface area contributed by atoms with E-state index in [4.69, 9.17) is 0 Å². The second-order valence-corrected chi connectivity index (χ2v) is 3.63. The van der Waals surface area contributed by atoms with E-state index in [0.29, 0.717) is 0 Å². The molecule has 5 nitrogen and oxygen atoms in total. The van der Waals surface area contributed by atoms with Gasteiger partial charge in [-0.15, -0.1) is 0 Å². The summed E-state index contributed by atoms with van der Waals surface area (Å²) in [6, 6.07) is 0. The summed E-state index contributed by atoms with van der Waals surface area (Å²) >= 11 is 0. The molecular formula is C9H13F3N3O2+. The van der Waals surface area contributed by atoms with Gasteiger partial charge in [0.25, 0.3) is 11.3 Å². The van der Waals surface area contributed by atoms with Crippen LogP contribution in [0.3, 0.4) is 0 Å². The molecule has 8 heteroatoms. The van der Waals surface area contributed by atoms with Crippen molar-refractivity contribution in [1.82, 2.24) is 9.88 Å². The molecule has 1 aromatic heterocycles. The number of quaternary nitrogens is 1. The highest BCUT2D eigenvalue weighted by Crippen LogP contribution is 2.28. The quantitative estimate of drug-likeness (QED) is 0.625. The minimum atomic E-state index is -3.94. The van der Waals surface area contributed by atoms with E-state index >= 15 is 0 Å². The molecule has 1 atom stereocenters. The number of aromatic hydroxyl groups is 1. The second-order valence-electron chi connectivity index (χ2n) is 3.63. The monoisotopic (exact) mass is 252 g/mol. The first-order valence-corrected chi connectivity index (χ1v) is 4.74. The van der Waals surface area contributed by atoms with Crippen LogP contribution >= 0.6 is 0 Å². The molecule has 0 bridgehead atoms. The zero-order valence-corrected chi connectivity index (χ0v) is 9.54. The highest BCUT2D eigenvalue weighted by molar-refractivity contribution is 5.31. The largest absolute Gasteiger partial charge is 0.503 e. The van der Waals surface area contributed by atoms with Crippen LogP contribution in [0, 0.1) is 6.92 Å². The van der Waals surface area contributed by atoms with Crippen molar-refractivity contribution in [2.24, 2.45) is 7.05 Å². The van der Waals surface area contributed by atoms with Crippen LogP contribution in [-0.2, 0) is 7.05 Å². The molecule has 0 saturated heterocycles. The topological polar surface area (TPSA) is 54.3 Å². The van der Waals surface area contributed by atoms with Crippen LogP contribution < -0.4 is 10.7 Å². The maximum Gasteiger partial charge on any atom is 0.291 e. The fourth-order valence-electron chi connectivity index (χ4n) is 1.49. The average Bonchev–Trinajstić information content (AvgIpc) is 2.21. The van der Waals surface area contributed by atoms with Gasteiger partial charge in [0.05, 0.1) is 19.1 Å². The van der Waals surface area contributed by atoms with Crippen molar-refractivity contribution in [2.75, 3.05) is 7.05 Å². The summed E-state index contributed by atoms with van der Waals surface area (Å²) in [4.78, 5) is 11.6. The highest BCUT2D eigenvalue weighted by atomic mass is 19.6. The molecule has 1 unspecified atom stereocenters. The predicted molar refractivity (Wildman–Crippen MR) is 53.5 cm³/mol. The van der Waals surface area contributed by atoms with E-state index in [2.05, 4.69) is 0 Å². The molecule has 0 saturated carbocycles. The number of halogens is 3. The van der Waals surface area contributed by atoms with E-state index in [0.717, 1.165) is 13.2 Å². The number of aromatic nitrogens is 1. The fraction of sp³-hybridized carbons (Fsp3) is 0.444. The summed E-state index contributed by atoms with van der Waals surface area (Å²) in [5.41, 5.74) is -1.36. The van der Waals surface area contributed by atoms with Crippen LogP contribution in [0.15, 0.2) is 11.0 Å². The molecule has 1 heterocycles. The lowest BCUT2D eigenvalue weighted by Gasteiger charge is -2.16. The van der Waals surface area contributed by atoms with Crippen molar-refractivity contribution in [3.05, 3.63) is 27.7 Å². The molecular weight excluding hydrogens is 239 g/mol.